The monoisotopic (exact) mass is 194 g/mol. The third-order valence-electron chi connectivity index (χ3n) is 4.99. The zero-order valence-corrected chi connectivity index (χ0v) is 9.21. The van der Waals surface area contributed by atoms with Crippen molar-refractivity contribution in [3.05, 3.63) is 0 Å². The fourth-order valence-electron chi connectivity index (χ4n) is 4.18. The van der Waals surface area contributed by atoms with E-state index >= 15 is 0 Å². The average molecular weight is 194 g/mol. The van der Waals surface area contributed by atoms with Crippen LogP contribution >= 0.6 is 0 Å². The van der Waals surface area contributed by atoms with E-state index in [2.05, 4.69) is 6.92 Å². The van der Waals surface area contributed by atoms with Crippen LogP contribution in [0.15, 0.2) is 0 Å². The standard InChI is InChI=1S/C13H22O/c1-2-5-9-8-13(9,14)12-10-6-3-4-7-11(10)12/h9-12,14H,2-8H2,1H3. The molecule has 3 aliphatic carbocycles. The molecule has 0 aromatic heterocycles. The Bertz CT molecular complexity index is 225. The maximum absolute atomic E-state index is 10.5. The lowest BCUT2D eigenvalue weighted by atomic mass is 10.0. The zero-order chi connectivity index (χ0) is 9.76. The molecule has 0 spiro atoms. The highest BCUT2D eigenvalue weighted by molar-refractivity contribution is 5.18. The van der Waals surface area contributed by atoms with Crippen LogP contribution in [0.5, 0.6) is 0 Å². The van der Waals surface area contributed by atoms with Crippen molar-refractivity contribution in [1.29, 1.82) is 0 Å². The zero-order valence-electron chi connectivity index (χ0n) is 9.21. The highest BCUT2D eigenvalue weighted by atomic mass is 16.3. The predicted octanol–water partition coefficient (Wildman–Crippen LogP) is 2.97. The number of hydrogen-bond donors (Lipinski definition) is 1. The maximum atomic E-state index is 10.5. The third-order valence-corrected chi connectivity index (χ3v) is 4.99. The normalized spacial score (nSPS) is 55.3. The summed E-state index contributed by atoms with van der Waals surface area (Å²) in [7, 11) is 0. The van der Waals surface area contributed by atoms with Crippen LogP contribution in [0.3, 0.4) is 0 Å². The summed E-state index contributed by atoms with van der Waals surface area (Å²) in [5, 5.41) is 10.5. The molecule has 0 amide bonds. The first-order valence-electron chi connectivity index (χ1n) is 6.49. The van der Waals surface area contributed by atoms with Crippen LogP contribution in [-0.2, 0) is 0 Å². The van der Waals surface area contributed by atoms with Gasteiger partial charge in [-0.3, -0.25) is 0 Å². The number of fused-ring (bicyclic) bond motifs is 1. The first-order valence-corrected chi connectivity index (χ1v) is 6.49. The van der Waals surface area contributed by atoms with Gasteiger partial charge >= 0.3 is 0 Å². The third kappa shape index (κ3) is 1.18. The minimum atomic E-state index is -0.185. The molecule has 80 valence electrons. The largest absolute Gasteiger partial charge is 0.389 e. The van der Waals surface area contributed by atoms with E-state index in [0.29, 0.717) is 5.92 Å². The van der Waals surface area contributed by atoms with Crippen molar-refractivity contribution in [1.82, 2.24) is 0 Å². The summed E-state index contributed by atoms with van der Waals surface area (Å²) in [6, 6.07) is 0. The fourth-order valence-corrected chi connectivity index (χ4v) is 4.18. The van der Waals surface area contributed by atoms with Gasteiger partial charge in [0.25, 0.3) is 0 Å². The Kier molecular flexibility index (Phi) is 1.96. The SMILES string of the molecule is CCCC1CC1(O)C1C2CCCCC21. The molecule has 4 unspecified atom stereocenters. The molecule has 0 aromatic rings. The summed E-state index contributed by atoms with van der Waals surface area (Å²) in [6.07, 6.45) is 9.30. The molecule has 14 heavy (non-hydrogen) atoms. The van der Waals surface area contributed by atoms with Crippen molar-refractivity contribution in [2.24, 2.45) is 23.7 Å². The maximum Gasteiger partial charge on any atom is 0.0714 e. The second-order valence-corrected chi connectivity index (χ2v) is 5.82. The topological polar surface area (TPSA) is 20.2 Å². The summed E-state index contributed by atoms with van der Waals surface area (Å²) < 4.78 is 0. The number of hydrogen-bond acceptors (Lipinski definition) is 1. The molecule has 0 bridgehead atoms. The smallest absolute Gasteiger partial charge is 0.0714 e. The minimum absolute atomic E-state index is 0.185. The van der Waals surface area contributed by atoms with Crippen molar-refractivity contribution >= 4 is 0 Å². The first-order chi connectivity index (χ1) is 6.77. The van der Waals surface area contributed by atoms with Gasteiger partial charge in [0.05, 0.1) is 5.60 Å². The molecule has 3 fully saturated rings. The predicted molar refractivity (Wildman–Crippen MR) is 56.9 cm³/mol. The van der Waals surface area contributed by atoms with Crippen LogP contribution in [0.1, 0.15) is 51.9 Å². The second-order valence-electron chi connectivity index (χ2n) is 5.82. The van der Waals surface area contributed by atoms with Crippen LogP contribution in [0.25, 0.3) is 0 Å². The molecule has 0 radical (unpaired) electrons. The molecule has 1 heteroatoms. The quantitative estimate of drug-likeness (QED) is 0.732. The molecule has 0 aliphatic heterocycles. The summed E-state index contributed by atoms with van der Waals surface area (Å²) in [5.41, 5.74) is -0.185. The van der Waals surface area contributed by atoms with Gasteiger partial charge in [0.15, 0.2) is 0 Å². The van der Waals surface area contributed by atoms with Crippen LogP contribution < -0.4 is 0 Å². The van der Waals surface area contributed by atoms with Gasteiger partial charge in [0.2, 0.25) is 0 Å². The van der Waals surface area contributed by atoms with E-state index in [-0.39, 0.29) is 5.60 Å². The van der Waals surface area contributed by atoms with Gasteiger partial charge in [-0.2, -0.15) is 0 Å². The summed E-state index contributed by atoms with van der Waals surface area (Å²) in [4.78, 5) is 0. The van der Waals surface area contributed by atoms with E-state index in [1.54, 1.807) is 0 Å². The number of aliphatic hydroxyl groups is 1. The van der Waals surface area contributed by atoms with E-state index in [1.165, 1.54) is 38.5 Å². The highest BCUT2D eigenvalue weighted by Gasteiger charge is 2.69. The van der Waals surface area contributed by atoms with E-state index in [0.717, 1.165) is 24.2 Å². The van der Waals surface area contributed by atoms with Gasteiger partial charge in [0, 0.05) is 0 Å². The van der Waals surface area contributed by atoms with Crippen LogP contribution in [0.2, 0.25) is 0 Å². The average Bonchev–Trinajstić information content (AvgIpc) is 3.03. The molecule has 4 atom stereocenters. The van der Waals surface area contributed by atoms with Crippen molar-refractivity contribution in [3.63, 3.8) is 0 Å². The Labute approximate surface area is 86.9 Å². The Balaban J connectivity index is 1.63. The van der Waals surface area contributed by atoms with Gasteiger partial charge < -0.3 is 5.11 Å². The Hall–Kier alpha value is -0.0400. The minimum Gasteiger partial charge on any atom is -0.389 e. The van der Waals surface area contributed by atoms with Gasteiger partial charge in [-0.1, -0.05) is 26.2 Å². The lowest BCUT2D eigenvalue weighted by Crippen LogP contribution is -2.16. The van der Waals surface area contributed by atoms with Crippen LogP contribution in [-0.4, -0.2) is 10.7 Å². The molecule has 3 aliphatic rings. The van der Waals surface area contributed by atoms with Crippen molar-refractivity contribution in [2.45, 2.75) is 57.5 Å². The van der Waals surface area contributed by atoms with Crippen molar-refractivity contribution in [3.8, 4) is 0 Å². The van der Waals surface area contributed by atoms with Gasteiger partial charge in [-0.25, -0.2) is 0 Å². The van der Waals surface area contributed by atoms with E-state index < -0.39 is 0 Å². The molecule has 1 nitrogen and oxygen atoms in total. The molecular weight excluding hydrogens is 172 g/mol. The Morgan fingerprint density at radius 2 is 1.86 bits per heavy atom. The molecule has 1 N–H and O–H groups in total. The molecule has 3 saturated carbocycles. The van der Waals surface area contributed by atoms with E-state index in [4.69, 9.17) is 0 Å². The van der Waals surface area contributed by atoms with Crippen molar-refractivity contribution < 1.29 is 5.11 Å². The Morgan fingerprint density at radius 1 is 1.21 bits per heavy atom. The second kappa shape index (κ2) is 2.98. The van der Waals surface area contributed by atoms with Crippen LogP contribution in [0, 0.1) is 23.7 Å². The first kappa shape index (κ1) is 9.21. The fraction of sp³-hybridized carbons (Fsp3) is 1.00. The summed E-state index contributed by atoms with van der Waals surface area (Å²) in [6.45, 7) is 2.23. The van der Waals surface area contributed by atoms with Gasteiger partial charge in [-0.05, 0) is 49.4 Å². The molecule has 0 heterocycles. The molecular formula is C13H22O. The van der Waals surface area contributed by atoms with Crippen LogP contribution in [0.4, 0.5) is 0 Å². The molecule has 3 rings (SSSR count). The molecule has 0 saturated heterocycles. The number of rotatable bonds is 3. The lowest BCUT2D eigenvalue weighted by molar-refractivity contribution is 0.0944. The van der Waals surface area contributed by atoms with Gasteiger partial charge in [-0.15, -0.1) is 0 Å². The molecule has 0 aromatic carbocycles. The highest BCUT2D eigenvalue weighted by Crippen LogP contribution is 2.69. The lowest BCUT2D eigenvalue weighted by Gasteiger charge is -2.09. The van der Waals surface area contributed by atoms with Crippen molar-refractivity contribution in [2.75, 3.05) is 0 Å². The Morgan fingerprint density at radius 3 is 2.43 bits per heavy atom. The summed E-state index contributed by atoms with van der Waals surface area (Å²) in [5.74, 6) is 3.25. The van der Waals surface area contributed by atoms with E-state index in [1.807, 2.05) is 0 Å². The van der Waals surface area contributed by atoms with Gasteiger partial charge in [0.1, 0.15) is 0 Å². The van der Waals surface area contributed by atoms with E-state index in [9.17, 15) is 5.11 Å². The summed E-state index contributed by atoms with van der Waals surface area (Å²) >= 11 is 0.